The minimum atomic E-state index is 0.125. The molecule has 136 valence electrons. The molecule has 0 saturated carbocycles. The van der Waals surface area contributed by atoms with Gasteiger partial charge in [0.1, 0.15) is 0 Å². The predicted octanol–water partition coefficient (Wildman–Crippen LogP) is 7.49. The van der Waals surface area contributed by atoms with E-state index in [1.54, 1.807) is 0 Å². The first-order valence-corrected chi connectivity index (χ1v) is 9.96. The lowest BCUT2D eigenvalue weighted by atomic mass is 10.1. The van der Waals surface area contributed by atoms with E-state index in [1.165, 1.54) is 32.1 Å². The summed E-state index contributed by atoms with van der Waals surface area (Å²) in [4.78, 5) is 0. The molecule has 0 aliphatic heterocycles. The Morgan fingerprint density at radius 3 is 2.29 bits per heavy atom. The maximum Gasteiger partial charge on any atom is 0.0828 e. The van der Waals surface area contributed by atoms with Crippen LogP contribution in [-0.2, 0) is 4.52 Å². The average molecular weight is 349 g/mol. The van der Waals surface area contributed by atoms with E-state index in [4.69, 9.17) is 4.52 Å². The normalized spacial score (nSPS) is 14.3. The fourth-order valence-electron chi connectivity index (χ4n) is 2.17. The van der Waals surface area contributed by atoms with Crippen LogP contribution in [0.15, 0.2) is 60.8 Å². The number of hydrogen-bond acceptors (Lipinski definition) is 1. The first-order chi connectivity index (χ1) is 11.8. The van der Waals surface area contributed by atoms with Crippen LogP contribution in [0.3, 0.4) is 0 Å². The molecule has 2 atom stereocenters. The van der Waals surface area contributed by atoms with E-state index in [9.17, 15) is 0 Å². The molecule has 0 saturated heterocycles. The highest BCUT2D eigenvalue weighted by molar-refractivity contribution is 7.09. The molecule has 0 bridgehead atoms. The van der Waals surface area contributed by atoms with Crippen LogP contribution in [0.25, 0.3) is 0 Å². The summed E-state index contributed by atoms with van der Waals surface area (Å²) in [5, 5.41) is 0. The third-order valence-electron chi connectivity index (χ3n) is 3.62. The van der Waals surface area contributed by atoms with Crippen molar-refractivity contribution >= 4 is 9.47 Å². The second-order valence-electron chi connectivity index (χ2n) is 5.87. The second-order valence-corrected chi connectivity index (χ2v) is 6.14. The highest BCUT2D eigenvalue weighted by atomic mass is 31.0. The minimum absolute atomic E-state index is 0.125. The highest BCUT2D eigenvalue weighted by Crippen LogP contribution is 2.07. The fourth-order valence-corrected chi connectivity index (χ4v) is 2.38. The molecular weight excluding hydrogens is 311 g/mol. The van der Waals surface area contributed by atoms with Gasteiger partial charge in [-0.05, 0) is 38.5 Å². The smallest absolute Gasteiger partial charge is 0.0828 e. The molecule has 0 N–H and O–H groups in total. The second kappa shape index (κ2) is 20.1. The molecule has 0 aliphatic carbocycles. The Morgan fingerprint density at radius 1 is 0.792 bits per heavy atom. The summed E-state index contributed by atoms with van der Waals surface area (Å²) in [7, 11) is 2.36. The van der Waals surface area contributed by atoms with Gasteiger partial charge in [0.15, 0.2) is 0 Å². The summed E-state index contributed by atoms with van der Waals surface area (Å²) < 4.78 is 5.38. The van der Waals surface area contributed by atoms with Crippen molar-refractivity contribution in [2.24, 2.45) is 0 Å². The van der Waals surface area contributed by atoms with Crippen molar-refractivity contribution in [3.8, 4) is 0 Å². The Kier molecular flexibility index (Phi) is 19.4. The molecule has 0 aromatic heterocycles. The molecule has 0 aliphatic rings. The van der Waals surface area contributed by atoms with E-state index < -0.39 is 0 Å². The molecule has 2 heteroatoms. The van der Waals surface area contributed by atoms with Gasteiger partial charge in [0.05, 0.1) is 6.10 Å². The number of unbranched alkanes of at least 4 members (excludes halogenated alkanes) is 4. The van der Waals surface area contributed by atoms with Crippen molar-refractivity contribution in [1.82, 2.24) is 0 Å². The number of allylic oxidation sites excluding steroid dienone is 8. The van der Waals surface area contributed by atoms with E-state index in [1.807, 2.05) is 0 Å². The van der Waals surface area contributed by atoms with Crippen LogP contribution in [0, 0.1) is 0 Å². The molecule has 1 nitrogen and oxygen atoms in total. The van der Waals surface area contributed by atoms with Gasteiger partial charge in [0.2, 0.25) is 0 Å². The Bertz CT molecular complexity index is 391. The van der Waals surface area contributed by atoms with E-state index in [0.29, 0.717) is 0 Å². The van der Waals surface area contributed by atoms with Gasteiger partial charge >= 0.3 is 0 Å². The quantitative estimate of drug-likeness (QED) is 0.129. The van der Waals surface area contributed by atoms with E-state index >= 15 is 0 Å². The van der Waals surface area contributed by atoms with Crippen LogP contribution in [0.2, 0.25) is 0 Å². The molecule has 0 spiro atoms. The topological polar surface area (TPSA) is 9.23 Å². The Balaban J connectivity index is 3.79. The van der Waals surface area contributed by atoms with Crippen molar-refractivity contribution in [3.63, 3.8) is 0 Å². The lowest BCUT2D eigenvalue weighted by Crippen LogP contribution is -2.00. The molecule has 0 aromatic carbocycles. The largest absolute Gasteiger partial charge is 0.358 e. The maximum absolute atomic E-state index is 5.38. The van der Waals surface area contributed by atoms with Gasteiger partial charge in [0, 0.05) is 9.47 Å². The molecule has 2 unspecified atom stereocenters. The van der Waals surface area contributed by atoms with Crippen LogP contribution in [0.1, 0.15) is 71.6 Å². The predicted molar refractivity (Wildman–Crippen MR) is 113 cm³/mol. The Labute approximate surface area is 152 Å². The first-order valence-electron chi connectivity index (χ1n) is 9.48. The van der Waals surface area contributed by atoms with Gasteiger partial charge in [-0.25, -0.2) is 0 Å². The Morgan fingerprint density at radius 2 is 1.54 bits per heavy atom. The molecule has 0 rings (SSSR count). The van der Waals surface area contributed by atoms with Gasteiger partial charge in [-0.3, -0.25) is 0 Å². The molecule has 0 radical (unpaired) electrons. The summed E-state index contributed by atoms with van der Waals surface area (Å²) in [6.07, 6.45) is 32.5. The van der Waals surface area contributed by atoms with Crippen molar-refractivity contribution < 1.29 is 4.52 Å². The summed E-state index contributed by atoms with van der Waals surface area (Å²) >= 11 is 0. The molecule has 0 aromatic rings. The highest BCUT2D eigenvalue weighted by Gasteiger charge is 1.97. The van der Waals surface area contributed by atoms with Gasteiger partial charge in [-0.2, -0.15) is 0 Å². The zero-order valence-corrected chi connectivity index (χ0v) is 16.9. The lowest BCUT2D eigenvalue weighted by molar-refractivity contribution is 0.298. The molecule has 0 heterocycles. The zero-order valence-electron chi connectivity index (χ0n) is 15.7. The number of rotatable bonds is 15. The minimum Gasteiger partial charge on any atom is -0.358 e. The molecule has 0 amide bonds. The van der Waals surface area contributed by atoms with E-state index in [0.717, 1.165) is 25.7 Å². The summed E-state index contributed by atoms with van der Waals surface area (Å²) in [5.41, 5.74) is 0. The van der Waals surface area contributed by atoms with Crippen LogP contribution < -0.4 is 0 Å². The van der Waals surface area contributed by atoms with E-state index in [2.05, 4.69) is 84.1 Å². The molecule has 24 heavy (non-hydrogen) atoms. The molecule has 0 fully saturated rings. The van der Waals surface area contributed by atoms with Gasteiger partial charge in [0.25, 0.3) is 0 Å². The van der Waals surface area contributed by atoms with Crippen LogP contribution >= 0.6 is 9.47 Å². The van der Waals surface area contributed by atoms with Crippen LogP contribution in [0.4, 0.5) is 0 Å². The number of hydrogen-bond donors (Lipinski definition) is 0. The van der Waals surface area contributed by atoms with Gasteiger partial charge in [-0.15, -0.1) is 0 Å². The zero-order chi connectivity index (χ0) is 17.7. The Hall–Kier alpha value is -0.910. The summed E-state index contributed by atoms with van der Waals surface area (Å²) in [6.45, 7) is 4.41. The SMILES string of the molecule is CCC=CCC=CCC(C=CC=CCC=CCCCCCC)OP. The monoisotopic (exact) mass is 348 g/mol. The van der Waals surface area contributed by atoms with Crippen molar-refractivity contribution in [3.05, 3.63) is 60.8 Å². The van der Waals surface area contributed by atoms with Crippen molar-refractivity contribution in [1.29, 1.82) is 0 Å². The van der Waals surface area contributed by atoms with Crippen molar-refractivity contribution in [2.75, 3.05) is 0 Å². The summed E-state index contributed by atoms with van der Waals surface area (Å²) in [5.74, 6) is 0. The standard InChI is InChI=1S/C22H37OP/c1-3-5-7-9-11-12-13-14-15-17-19-21-22(23-24)20-18-16-10-8-6-4-2/h6,8,12-13,15-19,21-22H,3-5,7,9-11,14,20,24H2,1-2H3. The lowest BCUT2D eigenvalue weighted by Gasteiger charge is -2.06. The molecular formula is C22H37OP. The maximum atomic E-state index is 5.38. The van der Waals surface area contributed by atoms with Crippen LogP contribution in [0.5, 0.6) is 0 Å². The average Bonchev–Trinajstić information content (AvgIpc) is 2.60. The van der Waals surface area contributed by atoms with Gasteiger partial charge < -0.3 is 4.52 Å². The first kappa shape index (κ1) is 23.1. The van der Waals surface area contributed by atoms with E-state index in [-0.39, 0.29) is 6.10 Å². The third-order valence-corrected chi connectivity index (χ3v) is 3.97. The van der Waals surface area contributed by atoms with Crippen LogP contribution in [-0.4, -0.2) is 6.10 Å². The fraction of sp³-hybridized carbons (Fsp3) is 0.545. The van der Waals surface area contributed by atoms with Gasteiger partial charge in [-0.1, -0.05) is 93.9 Å². The van der Waals surface area contributed by atoms with Crippen molar-refractivity contribution in [2.45, 2.75) is 77.7 Å². The summed E-state index contributed by atoms with van der Waals surface area (Å²) in [6, 6.07) is 0. The third kappa shape index (κ3) is 17.4.